The number of nitrogens with zero attached hydrogens (tertiary/aromatic N) is 3. The third-order valence-corrected chi connectivity index (χ3v) is 7.89. The molecule has 35 heavy (non-hydrogen) atoms. The number of amides is 1. The Labute approximate surface area is 223 Å². The number of thioether (sulfide) groups is 1. The zero-order chi connectivity index (χ0) is 23.9. The number of halogens is 4. The number of benzene rings is 2. The molecule has 1 aromatic heterocycles. The van der Waals surface area contributed by atoms with Crippen molar-refractivity contribution in [3.63, 3.8) is 0 Å². The van der Waals surface area contributed by atoms with Crippen LogP contribution in [0.3, 0.4) is 0 Å². The fraction of sp³-hybridized carbons (Fsp3) is 0.417. The van der Waals surface area contributed by atoms with Crippen molar-refractivity contribution in [2.24, 2.45) is 0 Å². The molecule has 2 heterocycles. The second-order valence-corrected chi connectivity index (χ2v) is 10.6. The van der Waals surface area contributed by atoms with Crippen LogP contribution in [0.15, 0.2) is 41.3 Å². The van der Waals surface area contributed by atoms with E-state index in [0.29, 0.717) is 34.2 Å². The zero-order valence-electron chi connectivity index (χ0n) is 19.1. The molecule has 0 radical (unpaired) electrons. The molecule has 1 saturated heterocycles. The standard InChI is InChI=1S/C24H26ClF2N3O2S2.ClH/c25-17-4-6-19(7-5-17)33-14-1-3-22(31)30(9-2-8-29-10-12-32-13-11-29)24-28-23-20(27)15-18(26)16-21(23)34-24;/h4-7,15-16H,1-3,8-14H2;1H. The number of fused-ring (bicyclic) bond motifs is 1. The number of anilines is 1. The van der Waals surface area contributed by atoms with Gasteiger partial charge < -0.3 is 4.74 Å². The number of morpholine rings is 1. The van der Waals surface area contributed by atoms with Crippen LogP contribution in [0.25, 0.3) is 10.2 Å². The van der Waals surface area contributed by atoms with Crippen LogP contribution in [-0.4, -0.2) is 60.9 Å². The second-order valence-electron chi connectivity index (χ2n) is 7.99. The molecule has 2 aromatic carbocycles. The molecule has 1 aliphatic rings. The summed E-state index contributed by atoms with van der Waals surface area (Å²) in [6.45, 7) is 4.51. The molecule has 0 aliphatic carbocycles. The van der Waals surface area contributed by atoms with Gasteiger partial charge in [-0.15, -0.1) is 24.2 Å². The lowest BCUT2D eigenvalue weighted by Crippen LogP contribution is -2.39. The minimum absolute atomic E-state index is 0. The lowest BCUT2D eigenvalue weighted by atomic mass is 10.2. The molecule has 0 atom stereocenters. The van der Waals surface area contributed by atoms with Gasteiger partial charge in [0.2, 0.25) is 5.91 Å². The predicted molar refractivity (Wildman–Crippen MR) is 142 cm³/mol. The van der Waals surface area contributed by atoms with Crippen LogP contribution in [-0.2, 0) is 9.53 Å². The van der Waals surface area contributed by atoms with Crippen LogP contribution in [0, 0.1) is 11.6 Å². The molecule has 0 saturated carbocycles. The highest BCUT2D eigenvalue weighted by Gasteiger charge is 2.21. The molecule has 0 unspecified atom stereocenters. The first-order valence-electron chi connectivity index (χ1n) is 11.2. The Hall–Kier alpha value is -1.49. The second kappa shape index (κ2) is 13.7. The molecule has 0 spiro atoms. The SMILES string of the molecule is Cl.O=C(CCCSc1ccc(Cl)cc1)N(CCCN1CCOCC1)c1nc2c(F)cc(F)cc2s1. The number of carbonyl (C=O) groups is 1. The van der Waals surface area contributed by atoms with E-state index in [-0.39, 0.29) is 23.8 Å². The van der Waals surface area contributed by atoms with E-state index in [1.54, 1.807) is 16.7 Å². The number of carbonyl (C=O) groups excluding carboxylic acids is 1. The van der Waals surface area contributed by atoms with Gasteiger partial charge in [-0.2, -0.15) is 0 Å². The Bertz CT molecular complexity index is 1110. The summed E-state index contributed by atoms with van der Waals surface area (Å²) < 4.78 is 33.7. The summed E-state index contributed by atoms with van der Waals surface area (Å²) in [5, 5.41) is 1.11. The first-order chi connectivity index (χ1) is 16.5. The number of hydrogen-bond donors (Lipinski definition) is 0. The molecule has 3 aromatic rings. The molecule has 11 heteroatoms. The summed E-state index contributed by atoms with van der Waals surface area (Å²) in [7, 11) is 0. The monoisotopic (exact) mass is 561 g/mol. The Morgan fingerprint density at radius 3 is 2.66 bits per heavy atom. The van der Waals surface area contributed by atoms with E-state index in [9.17, 15) is 13.6 Å². The molecule has 1 fully saturated rings. The summed E-state index contributed by atoms with van der Waals surface area (Å²) in [6.07, 6.45) is 1.81. The van der Waals surface area contributed by atoms with Crippen molar-refractivity contribution in [3.8, 4) is 0 Å². The summed E-state index contributed by atoms with van der Waals surface area (Å²) in [4.78, 5) is 22.6. The quantitative estimate of drug-likeness (QED) is 0.215. The van der Waals surface area contributed by atoms with Gasteiger partial charge in [-0.3, -0.25) is 14.6 Å². The van der Waals surface area contributed by atoms with Crippen LogP contribution in [0.4, 0.5) is 13.9 Å². The number of thiazole rings is 1. The van der Waals surface area contributed by atoms with Crippen molar-refractivity contribution in [1.29, 1.82) is 0 Å². The van der Waals surface area contributed by atoms with E-state index in [2.05, 4.69) is 9.88 Å². The minimum Gasteiger partial charge on any atom is -0.379 e. The highest BCUT2D eigenvalue weighted by atomic mass is 35.5. The molecule has 4 rings (SSSR count). The number of aromatic nitrogens is 1. The van der Waals surface area contributed by atoms with E-state index in [1.165, 1.54) is 6.07 Å². The maximum Gasteiger partial charge on any atom is 0.228 e. The Kier molecular flexibility index (Phi) is 11.0. The van der Waals surface area contributed by atoms with E-state index < -0.39 is 11.6 Å². The van der Waals surface area contributed by atoms with E-state index in [0.717, 1.165) is 67.3 Å². The molecule has 1 amide bonds. The van der Waals surface area contributed by atoms with Gasteiger partial charge in [0.15, 0.2) is 10.9 Å². The fourth-order valence-corrected chi connectivity index (χ4v) is 5.77. The summed E-state index contributed by atoms with van der Waals surface area (Å²) >= 11 is 8.75. The van der Waals surface area contributed by atoms with Gasteiger partial charge in [-0.25, -0.2) is 13.8 Å². The van der Waals surface area contributed by atoms with E-state index in [4.69, 9.17) is 16.3 Å². The zero-order valence-corrected chi connectivity index (χ0v) is 22.3. The first-order valence-corrected chi connectivity index (χ1v) is 13.4. The third kappa shape index (κ3) is 8.00. The lowest BCUT2D eigenvalue weighted by molar-refractivity contribution is -0.118. The average Bonchev–Trinajstić information content (AvgIpc) is 3.25. The number of hydrogen-bond acceptors (Lipinski definition) is 6. The molecular weight excluding hydrogens is 535 g/mol. The smallest absolute Gasteiger partial charge is 0.228 e. The van der Waals surface area contributed by atoms with Gasteiger partial charge in [0, 0.05) is 48.6 Å². The van der Waals surface area contributed by atoms with Crippen molar-refractivity contribution >= 4 is 68.4 Å². The molecule has 0 bridgehead atoms. The van der Waals surface area contributed by atoms with Gasteiger partial charge in [-0.05, 0) is 48.9 Å². The molecular formula is C24H27Cl2F2N3O2S2. The number of ether oxygens (including phenoxy) is 1. The van der Waals surface area contributed by atoms with Gasteiger partial charge in [0.1, 0.15) is 11.3 Å². The van der Waals surface area contributed by atoms with E-state index >= 15 is 0 Å². The highest BCUT2D eigenvalue weighted by molar-refractivity contribution is 7.99. The first kappa shape index (κ1) is 28.1. The van der Waals surface area contributed by atoms with Gasteiger partial charge in [-0.1, -0.05) is 22.9 Å². The van der Waals surface area contributed by atoms with Gasteiger partial charge in [0.05, 0.1) is 17.9 Å². The van der Waals surface area contributed by atoms with Gasteiger partial charge in [0.25, 0.3) is 0 Å². The maximum absolute atomic E-state index is 14.2. The normalized spacial score (nSPS) is 14.1. The largest absolute Gasteiger partial charge is 0.379 e. The van der Waals surface area contributed by atoms with Crippen LogP contribution >= 0.6 is 47.1 Å². The summed E-state index contributed by atoms with van der Waals surface area (Å²) in [5.74, 6) is -0.630. The Morgan fingerprint density at radius 2 is 1.91 bits per heavy atom. The predicted octanol–water partition coefficient (Wildman–Crippen LogP) is 6.28. The average molecular weight is 563 g/mol. The van der Waals surface area contributed by atoms with E-state index in [1.807, 2.05) is 24.3 Å². The van der Waals surface area contributed by atoms with Crippen LogP contribution in [0.2, 0.25) is 5.02 Å². The molecule has 190 valence electrons. The maximum atomic E-state index is 14.2. The van der Waals surface area contributed by atoms with Gasteiger partial charge >= 0.3 is 0 Å². The topological polar surface area (TPSA) is 45.7 Å². The summed E-state index contributed by atoms with van der Waals surface area (Å²) in [6, 6.07) is 9.70. The van der Waals surface area contributed by atoms with Crippen LogP contribution < -0.4 is 4.90 Å². The Balaban J connectivity index is 0.00000342. The molecule has 5 nitrogen and oxygen atoms in total. The molecule has 1 aliphatic heterocycles. The Morgan fingerprint density at radius 1 is 1.17 bits per heavy atom. The van der Waals surface area contributed by atoms with Crippen molar-refractivity contribution in [2.75, 3.05) is 50.0 Å². The molecule has 0 N–H and O–H groups in total. The van der Waals surface area contributed by atoms with Crippen molar-refractivity contribution < 1.29 is 18.3 Å². The minimum atomic E-state index is -0.711. The fourth-order valence-electron chi connectivity index (χ4n) is 3.74. The number of rotatable bonds is 10. The summed E-state index contributed by atoms with van der Waals surface area (Å²) in [5.41, 5.74) is 0.102. The lowest BCUT2D eigenvalue weighted by Gasteiger charge is -2.27. The van der Waals surface area contributed by atoms with Crippen molar-refractivity contribution in [2.45, 2.75) is 24.2 Å². The van der Waals surface area contributed by atoms with Crippen molar-refractivity contribution in [1.82, 2.24) is 9.88 Å². The van der Waals surface area contributed by atoms with Crippen LogP contribution in [0.1, 0.15) is 19.3 Å². The highest BCUT2D eigenvalue weighted by Crippen LogP contribution is 2.32. The van der Waals surface area contributed by atoms with Crippen molar-refractivity contribution in [3.05, 3.63) is 53.1 Å². The van der Waals surface area contributed by atoms with Crippen LogP contribution in [0.5, 0.6) is 0 Å². The third-order valence-electron chi connectivity index (χ3n) is 5.51.